The highest BCUT2D eigenvalue weighted by Crippen LogP contribution is 2.13. The number of hydrogen-bond acceptors (Lipinski definition) is 4. The van der Waals surface area contributed by atoms with E-state index in [9.17, 15) is 9.59 Å². The molecule has 0 aromatic carbocycles. The van der Waals surface area contributed by atoms with Crippen molar-refractivity contribution in [1.82, 2.24) is 9.88 Å². The van der Waals surface area contributed by atoms with Crippen LogP contribution in [-0.2, 0) is 4.79 Å². The van der Waals surface area contributed by atoms with Gasteiger partial charge in [0.1, 0.15) is 11.9 Å². The van der Waals surface area contributed by atoms with Crippen molar-refractivity contribution in [1.29, 1.82) is 0 Å². The quantitative estimate of drug-likeness (QED) is 0.873. The molecule has 1 aliphatic heterocycles. The van der Waals surface area contributed by atoms with Gasteiger partial charge in [-0.05, 0) is 38.3 Å². The molecule has 0 saturated carbocycles. The topological polar surface area (TPSA) is 82.5 Å². The van der Waals surface area contributed by atoms with Gasteiger partial charge < -0.3 is 15.3 Å². The van der Waals surface area contributed by atoms with Crippen molar-refractivity contribution >= 4 is 17.7 Å². The molecule has 0 aliphatic carbocycles. The molecule has 1 aromatic heterocycles. The van der Waals surface area contributed by atoms with Gasteiger partial charge in [0, 0.05) is 19.3 Å². The van der Waals surface area contributed by atoms with Crippen LogP contribution in [-0.4, -0.2) is 46.0 Å². The number of pyridine rings is 1. The highest BCUT2D eigenvalue weighted by molar-refractivity contribution is 5.89. The van der Waals surface area contributed by atoms with Gasteiger partial charge in [0.2, 0.25) is 5.91 Å². The van der Waals surface area contributed by atoms with E-state index < -0.39 is 12.0 Å². The standard InChI is InChI=1S/C14H19N3O3/c1-10(13(18)17-7-3-2-4-8-17)16-12-9-11(14(19)20)5-6-15-12/h5-6,9-10H,2-4,7-8H2,1H3,(H,15,16)(H,19,20). The summed E-state index contributed by atoms with van der Waals surface area (Å²) in [6.07, 6.45) is 4.69. The summed E-state index contributed by atoms with van der Waals surface area (Å²) in [6.45, 7) is 3.37. The molecule has 1 aromatic rings. The third-order valence-electron chi connectivity index (χ3n) is 3.41. The zero-order valence-electron chi connectivity index (χ0n) is 11.5. The molecule has 6 heteroatoms. The fraction of sp³-hybridized carbons (Fsp3) is 0.500. The first-order chi connectivity index (χ1) is 9.58. The fourth-order valence-corrected chi connectivity index (χ4v) is 2.31. The van der Waals surface area contributed by atoms with Crippen LogP contribution in [0.15, 0.2) is 18.3 Å². The Morgan fingerprint density at radius 2 is 2.05 bits per heavy atom. The number of carboxylic acids is 1. The second kappa shape index (κ2) is 6.36. The van der Waals surface area contributed by atoms with Crippen molar-refractivity contribution in [2.75, 3.05) is 18.4 Å². The second-order valence-corrected chi connectivity index (χ2v) is 4.99. The first kappa shape index (κ1) is 14.3. The number of carboxylic acid groups (broad SMARTS) is 1. The maximum Gasteiger partial charge on any atom is 0.335 e. The summed E-state index contributed by atoms with van der Waals surface area (Å²) in [7, 11) is 0. The molecular weight excluding hydrogens is 258 g/mol. The number of anilines is 1. The van der Waals surface area contributed by atoms with Gasteiger partial charge in [0.15, 0.2) is 0 Å². The Hall–Kier alpha value is -2.11. The first-order valence-electron chi connectivity index (χ1n) is 6.82. The van der Waals surface area contributed by atoms with Gasteiger partial charge >= 0.3 is 5.97 Å². The number of nitrogens with one attached hydrogen (secondary N) is 1. The zero-order valence-corrected chi connectivity index (χ0v) is 11.5. The normalized spacial score (nSPS) is 16.6. The molecule has 20 heavy (non-hydrogen) atoms. The lowest BCUT2D eigenvalue weighted by Crippen LogP contribution is -2.44. The van der Waals surface area contributed by atoms with Crippen molar-refractivity contribution in [3.05, 3.63) is 23.9 Å². The molecule has 1 aliphatic rings. The lowest BCUT2D eigenvalue weighted by Gasteiger charge is -2.29. The van der Waals surface area contributed by atoms with Crippen LogP contribution in [0.4, 0.5) is 5.82 Å². The van der Waals surface area contributed by atoms with E-state index in [-0.39, 0.29) is 11.5 Å². The third kappa shape index (κ3) is 3.46. The minimum Gasteiger partial charge on any atom is -0.478 e. The smallest absolute Gasteiger partial charge is 0.335 e. The van der Waals surface area contributed by atoms with E-state index in [2.05, 4.69) is 10.3 Å². The molecule has 0 spiro atoms. The van der Waals surface area contributed by atoms with Gasteiger partial charge in [0.25, 0.3) is 0 Å². The summed E-state index contributed by atoms with van der Waals surface area (Å²) in [5.41, 5.74) is 0.153. The average molecular weight is 277 g/mol. The minimum absolute atomic E-state index is 0.0345. The molecule has 6 nitrogen and oxygen atoms in total. The van der Waals surface area contributed by atoms with Crippen LogP contribution >= 0.6 is 0 Å². The van der Waals surface area contributed by atoms with Gasteiger partial charge in [-0.2, -0.15) is 0 Å². The fourth-order valence-electron chi connectivity index (χ4n) is 2.31. The summed E-state index contributed by atoms with van der Waals surface area (Å²) >= 11 is 0. The van der Waals surface area contributed by atoms with Gasteiger partial charge in [-0.15, -0.1) is 0 Å². The van der Waals surface area contributed by atoms with Crippen LogP contribution in [0.3, 0.4) is 0 Å². The third-order valence-corrected chi connectivity index (χ3v) is 3.41. The van der Waals surface area contributed by atoms with E-state index in [1.807, 2.05) is 4.90 Å². The molecule has 1 amide bonds. The maximum absolute atomic E-state index is 12.2. The van der Waals surface area contributed by atoms with Crippen molar-refractivity contribution in [3.8, 4) is 0 Å². The van der Waals surface area contributed by atoms with E-state index in [1.165, 1.54) is 24.8 Å². The molecular formula is C14H19N3O3. The summed E-state index contributed by atoms with van der Waals surface area (Å²) in [5, 5.41) is 11.9. The van der Waals surface area contributed by atoms with Gasteiger partial charge in [-0.1, -0.05) is 0 Å². The van der Waals surface area contributed by atoms with Crippen LogP contribution in [0, 0.1) is 0 Å². The number of carbonyl (C=O) groups is 2. The first-order valence-corrected chi connectivity index (χ1v) is 6.82. The van der Waals surface area contributed by atoms with E-state index in [1.54, 1.807) is 6.92 Å². The molecule has 1 unspecified atom stereocenters. The van der Waals surface area contributed by atoms with Crippen LogP contribution in [0.5, 0.6) is 0 Å². The number of aromatic carboxylic acids is 1. The number of likely N-dealkylation sites (tertiary alicyclic amines) is 1. The van der Waals surface area contributed by atoms with E-state index in [0.29, 0.717) is 5.82 Å². The Kier molecular flexibility index (Phi) is 4.55. The van der Waals surface area contributed by atoms with Crippen LogP contribution < -0.4 is 5.32 Å². The molecule has 0 radical (unpaired) electrons. The molecule has 1 fully saturated rings. The molecule has 1 saturated heterocycles. The predicted molar refractivity (Wildman–Crippen MR) is 74.7 cm³/mol. The van der Waals surface area contributed by atoms with Crippen molar-refractivity contribution in [3.63, 3.8) is 0 Å². The maximum atomic E-state index is 12.2. The second-order valence-electron chi connectivity index (χ2n) is 4.99. The number of nitrogens with zero attached hydrogens (tertiary/aromatic N) is 2. The average Bonchev–Trinajstić information content (AvgIpc) is 2.47. The number of aromatic nitrogens is 1. The molecule has 2 heterocycles. The van der Waals surface area contributed by atoms with Crippen LogP contribution in [0.1, 0.15) is 36.5 Å². The molecule has 1 atom stereocenters. The summed E-state index contributed by atoms with van der Waals surface area (Å²) < 4.78 is 0. The summed E-state index contributed by atoms with van der Waals surface area (Å²) in [5.74, 6) is -0.569. The van der Waals surface area contributed by atoms with E-state index in [4.69, 9.17) is 5.11 Å². The van der Waals surface area contributed by atoms with Crippen LogP contribution in [0.25, 0.3) is 0 Å². The monoisotopic (exact) mass is 277 g/mol. The Bertz CT molecular complexity index is 498. The van der Waals surface area contributed by atoms with Gasteiger partial charge in [-0.3, -0.25) is 4.79 Å². The predicted octanol–water partition coefficient (Wildman–Crippen LogP) is 1.59. The van der Waals surface area contributed by atoms with Crippen molar-refractivity contribution < 1.29 is 14.7 Å². The summed E-state index contributed by atoms with van der Waals surface area (Å²) in [6, 6.07) is 2.44. The van der Waals surface area contributed by atoms with Gasteiger partial charge in [-0.25, -0.2) is 9.78 Å². The Morgan fingerprint density at radius 1 is 1.35 bits per heavy atom. The van der Waals surface area contributed by atoms with Gasteiger partial charge in [0.05, 0.1) is 5.56 Å². The summed E-state index contributed by atoms with van der Waals surface area (Å²) in [4.78, 5) is 29.0. The Labute approximate surface area is 117 Å². The highest BCUT2D eigenvalue weighted by atomic mass is 16.4. The minimum atomic E-state index is -1.01. The highest BCUT2D eigenvalue weighted by Gasteiger charge is 2.22. The molecule has 108 valence electrons. The van der Waals surface area contributed by atoms with E-state index >= 15 is 0 Å². The van der Waals surface area contributed by atoms with Crippen molar-refractivity contribution in [2.24, 2.45) is 0 Å². The Balaban J connectivity index is 1.99. The number of piperidine rings is 1. The van der Waals surface area contributed by atoms with Crippen molar-refractivity contribution in [2.45, 2.75) is 32.2 Å². The SMILES string of the molecule is CC(Nc1cc(C(=O)O)ccn1)C(=O)N1CCCCC1. The number of amides is 1. The molecule has 0 bridgehead atoms. The lowest BCUT2D eigenvalue weighted by molar-refractivity contribution is -0.132. The van der Waals surface area contributed by atoms with Crippen LogP contribution in [0.2, 0.25) is 0 Å². The lowest BCUT2D eigenvalue weighted by atomic mass is 10.1. The number of carbonyl (C=O) groups excluding carboxylic acids is 1. The number of rotatable bonds is 4. The van der Waals surface area contributed by atoms with E-state index in [0.717, 1.165) is 25.9 Å². The Morgan fingerprint density at radius 3 is 2.70 bits per heavy atom. The number of hydrogen-bond donors (Lipinski definition) is 2. The zero-order chi connectivity index (χ0) is 14.5. The molecule has 2 N–H and O–H groups in total. The molecule has 2 rings (SSSR count). The largest absolute Gasteiger partial charge is 0.478 e.